The Labute approximate surface area is 315 Å². The van der Waals surface area contributed by atoms with E-state index in [1.165, 1.54) is 135 Å². The van der Waals surface area contributed by atoms with Crippen molar-refractivity contribution in [3.63, 3.8) is 0 Å². The molecule has 0 aliphatic heterocycles. The van der Waals surface area contributed by atoms with Crippen molar-refractivity contribution in [1.29, 1.82) is 0 Å². The summed E-state index contributed by atoms with van der Waals surface area (Å²) >= 11 is 0. The molecule has 8 nitrogen and oxygen atoms in total. The fourth-order valence-corrected chi connectivity index (χ4v) is 6.60. The fourth-order valence-electron chi connectivity index (χ4n) is 6.60. The number of esters is 2. The molecule has 0 amide bonds. The molecule has 0 saturated heterocycles. The average molecular weight is 726 g/mol. The predicted molar refractivity (Wildman–Crippen MR) is 208 cm³/mol. The van der Waals surface area contributed by atoms with Crippen LogP contribution in [0.25, 0.3) is 0 Å². The Balaban J connectivity index is 4.16. The number of quaternary nitrogens is 1. The number of ether oxygens (including phenoxy) is 3. The van der Waals surface area contributed by atoms with Crippen molar-refractivity contribution in [2.45, 2.75) is 219 Å². The van der Waals surface area contributed by atoms with Gasteiger partial charge in [0.1, 0.15) is 12.6 Å². The van der Waals surface area contributed by atoms with Crippen LogP contribution in [0, 0.1) is 0 Å². The maximum atomic E-state index is 12.7. The summed E-state index contributed by atoms with van der Waals surface area (Å²) in [5, 5.41) is 11.6. The van der Waals surface area contributed by atoms with Gasteiger partial charge in [-0.1, -0.05) is 174 Å². The van der Waals surface area contributed by atoms with Gasteiger partial charge < -0.3 is 28.6 Å². The van der Waals surface area contributed by atoms with Crippen LogP contribution in [0.5, 0.6) is 0 Å². The number of carbonyl (C=O) groups excluding carboxylic acids is 3. The van der Waals surface area contributed by atoms with Crippen LogP contribution in [0.1, 0.15) is 206 Å². The van der Waals surface area contributed by atoms with Crippen molar-refractivity contribution in [2.75, 3.05) is 41.0 Å². The molecule has 0 fully saturated rings. The van der Waals surface area contributed by atoms with E-state index in [1.54, 1.807) is 21.1 Å². The third-order valence-electron chi connectivity index (χ3n) is 9.99. The SMILES string of the molecule is CCCCCCCCCCCCCCCCCCCCCCC(=O)OC(COCCC(C(=O)[O-])[N+](C)(C)C)COC(=O)CCCCCCCCC. The van der Waals surface area contributed by atoms with Crippen LogP contribution in [0.3, 0.4) is 0 Å². The number of hydrogen-bond donors (Lipinski definition) is 0. The van der Waals surface area contributed by atoms with Crippen molar-refractivity contribution in [1.82, 2.24) is 0 Å². The molecule has 302 valence electrons. The summed E-state index contributed by atoms with van der Waals surface area (Å²) in [6.45, 7) is 4.64. The lowest BCUT2D eigenvalue weighted by Crippen LogP contribution is -2.55. The van der Waals surface area contributed by atoms with E-state index in [4.69, 9.17) is 14.2 Å². The monoisotopic (exact) mass is 726 g/mol. The molecule has 0 aromatic rings. The Morgan fingerprint density at radius 2 is 0.863 bits per heavy atom. The van der Waals surface area contributed by atoms with Crippen LogP contribution in [0.2, 0.25) is 0 Å². The molecule has 0 aromatic heterocycles. The highest BCUT2D eigenvalue weighted by Gasteiger charge is 2.25. The summed E-state index contributed by atoms with van der Waals surface area (Å²) in [7, 11) is 5.41. The molecule has 0 bridgehead atoms. The van der Waals surface area contributed by atoms with E-state index < -0.39 is 18.1 Å². The summed E-state index contributed by atoms with van der Waals surface area (Å²) in [6.07, 6.45) is 34.3. The second kappa shape index (κ2) is 35.4. The van der Waals surface area contributed by atoms with Gasteiger partial charge in [-0.05, 0) is 12.8 Å². The summed E-state index contributed by atoms with van der Waals surface area (Å²) in [5.41, 5.74) is 0. The van der Waals surface area contributed by atoms with Gasteiger partial charge in [0.2, 0.25) is 0 Å². The zero-order chi connectivity index (χ0) is 37.8. The van der Waals surface area contributed by atoms with Crippen molar-refractivity contribution in [2.24, 2.45) is 0 Å². The quantitative estimate of drug-likeness (QED) is 0.0353. The van der Waals surface area contributed by atoms with Gasteiger partial charge in [-0.2, -0.15) is 0 Å². The molecule has 0 saturated carbocycles. The number of carbonyl (C=O) groups is 3. The molecule has 0 spiro atoms. The third-order valence-corrected chi connectivity index (χ3v) is 9.99. The molecule has 0 heterocycles. The molecular weight excluding hydrogens is 642 g/mol. The molecule has 0 radical (unpaired) electrons. The minimum absolute atomic E-state index is 0.0482. The van der Waals surface area contributed by atoms with Crippen LogP contribution >= 0.6 is 0 Å². The first-order valence-corrected chi connectivity index (χ1v) is 21.6. The number of nitrogens with zero attached hydrogens (tertiary/aromatic N) is 1. The lowest BCUT2D eigenvalue weighted by Gasteiger charge is -2.34. The van der Waals surface area contributed by atoms with Crippen molar-refractivity contribution >= 4 is 17.9 Å². The van der Waals surface area contributed by atoms with E-state index in [0.717, 1.165) is 38.5 Å². The van der Waals surface area contributed by atoms with Gasteiger partial charge in [0.05, 0.1) is 40.3 Å². The molecule has 0 aromatic carbocycles. The number of unbranched alkanes of at least 4 members (excludes halogenated alkanes) is 25. The predicted octanol–water partition coefficient (Wildman–Crippen LogP) is 10.0. The Morgan fingerprint density at radius 1 is 0.510 bits per heavy atom. The molecule has 0 rings (SSSR count). The van der Waals surface area contributed by atoms with Crippen LogP contribution in [0.4, 0.5) is 0 Å². The molecular formula is C43H83NO7. The van der Waals surface area contributed by atoms with Gasteiger partial charge in [0, 0.05) is 19.3 Å². The normalized spacial score (nSPS) is 12.9. The lowest BCUT2D eigenvalue weighted by atomic mass is 10.0. The van der Waals surface area contributed by atoms with Crippen molar-refractivity contribution in [3.8, 4) is 0 Å². The standard InChI is InChI=1S/C43H83NO7/c1-6-8-10-12-14-15-16-17-18-19-20-21-22-23-24-25-26-28-30-32-34-42(46)51-39(37-49-36-35-40(43(47)48)44(3,4)5)38-50-41(45)33-31-29-27-13-11-9-7-2/h39-40H,6-38H2,1-5H3. The minimum Gasteiger partial charge on any atom is -0.544 e. The summed E-state index contributed by atoms with van der Waals surface area (Å²) in [4.78, 5) is 36.6. The number of carboxylic acids is 1. The lowest BCUT2D eigenvalue weighted by molar-refractivity contribution is -0.889. The van der Waals surface area contributed by atoms with Gasteiger partial charge in [-0.15, -0.1) is 0 Å². The molecule has 0 N–H and O–H groups in total. The second-order valence-electron chi connectivity index (χ2n) is 15.9. The van der Waals surface area contributed by atoms with Crippen LogP contribution in [-0.2, 0) is 28.6 Å². The van der Waals surface area contributed by atoms with Gasteiger partial charge in [0.25, 0.3) is 0 Å². The summed E-state index contributed by atoms with van der Waals surface area (Å²) in [5.74, 6) is -1.72. The van der Waals surface area contributed by atoms with Crippen LogP contribution in [-0.4, -0.2) is 75.5 Å². The molecule has 0 aliphatic rings. The number of rotatable bonds is 39. The molecule has 2 unspecified atom stereocenters. The zero-order valence-corrected chi connectivity index (χ0v) is 34.3. The zero-order valence-electron chi connectivity index (χ0n) is 34.3. The largest absolute Gasteiger partial charge is 0.544 e. The topological polar surface area (TPSA) is 102 Å². The highest BCUT2D eigenvalue weighted by atomic mass is 16.6. The Bertz CT molecular complexity index is 813. The van der Waals surface area contributed by atoms with Crippen molar-refractivity contribution < 1.29 is 38.2 Å². The number of hydrogen-bond acceptors (Lipinski definition) is 7. The first kappa shape index (κ1) is 49.3. The van der Waals surface area contributed by atoms with E-state index in [0.29, 0.717) is 12.8 Å². The van der Waals surface area contributed by atoms with E-state index in [9.17, 15) is 19.5 Å². The Kier molecular flexibility index (Phi) is 34.2. The van der Waals surface area contributed by atoms with Gasteiger partial charge in [-0.25, -0.2) is 0 Å². The summed E-state index contributed by atoms with van der Waals surface area (Å²) < 4.78 is 17.1. The number of aliphatic carboxylic acids is 1. The van der Waals surface area contributed by atoms with Gasteiger partial charge in [0.15, 0.2) is 6.10 Å². The van der Waals surface area contributed by atoms with E-state index in [2.05, 4.69) is 13.8 Å². The highest BCUT2D eigenvalue weighted by molar-refractivity contribution is 5.70. The van der Waals surface area contributed by atoms with Crippen LogP contribution < -0.4 is 5.11 Å². The maximum absolute atomic E-state index is 12.7. The fraction of sp³-hybridized carbons (Fsp3) is 0.930. The van der Waals surface area contributed by atoms with Crippen molar-refractivity contribution in [3.05, 3.63) is 0 Å². The van der Waals surface area contributed by atoms with Crippen LogP contribution in [0.15, 0.2) is 0 Å². The molecule has 51 heavy (non-hydrogen) atoms. The first-order chi connectivity index (χ1) is 24.6. The highest BCUT2D eigenvalue weighted by Crippen LogP contribution is 2.16. The minimum atomic E-state index is -1.12. The van der Waals surface area contributed by atoms with E-state index >= 15 is 0 Å². The Hall–Kier alpha value is -1.67. The third kappa shape index (κ3) is 33.9. The first-order valence-electron chi connectivity index (χ1n) is 21.6. The second-order valence-corrected chi connectivity index (χ2v) is 15.9. The molecule has 0 aliphatic carbocycles. The molecule has 8 heteroatoms. The summed E-state index contributed by atoms with van der Waals surface area (Å²) in [6, 6.07) is -0.718. The van der Waals surface area contributed by atoms with E-state index in [-0.39, 0.29) is 42.7 Å². The average Bonchev–Trinajstić information content (AvgIpc) is 3.08. The smallest absolute Gasteiger partial charge is 0.306 e. The maximum Gasteiger partial charge on any atom is 0.306 e. The molecule has 2 atom stereocenters. The van der Waals surface area contributed by atoms with Gasteiger partial charge in [-0.3, -0.25) is 9.59 Å². The van der Waals surface area contributed by atoms with E-state index in [1.807, 2.05) is 0 Å². The van der Waals surface area contributed by atoms with Gasteiger partial charge >= 0.3 is 11.9 Å². The Morgan fingerprint density at radius 3 is 1.22 bits per heavy atom. The number of likely N-dealkylation sites (N-methyl/N-ethyl adjacent to an activating group) is 1. The number of carboxylic acid groups (broad SMARTS) is 1.